The molecular formula is C21H18BrNO3. The quantitative estimate of drug-likeness (QED) is 0.698. The van der Waals surface area contributed by atoms with E-state index in [1.165, 1.54) is 0 Å². The van der Waals surface area contributed by atoms with Crippen molar-refractivity contribution in [1.29, 1.82) is 0 Å². The molecule has 2 aliphatic rings. The minimum atomic E-state index is -0.372. The maximum absolute atomic E-state index is 12.4. The van der Waals surface area contributed by atoms with Crippen molar-refractivity contribution in [1.82, 2.24) is 0 Å². The molecule has 2 aromatic rings. The summed E-state index contributed by atoms with van der Waals surface area (Å²) < 4.78 is 12.7. The van der Waals surface area contributed by atoms with Crippen LogP contribution in [0.15, 0.2) is 76.2 Å². The molecule has 0 radical (unpaired) electrons. The van der Waals surface area contributed by atoms with E-state index >= 15 is 0 Å². The molecule has 132 valence electrons. The van der Waals surface area contributed by atoms with Crippen molar-refractivity contribution in [3.05, 3.63) is 82.3 Å². The van der Waals surface area contributed by atoms with Gasteiger partial charge in [-0.15, -0.1) is 0 Å². The Labute approximate surface area is 160 Å². The van der Waals surface area contributed by atoms with Gasteiger partial charge in [0.05, 0.1) is 11.6 Å². The van der Waals surface area contributed by atoms with Gasteiger partial charge in [0.25, 0.3) is 0 Å². The van der Waals surface area contributed by atoms with Crippen molar-refractivity contribution < 1.29 is 14.3 Å². The third-order valence-corrected chi connectivity index (χ3v) is 5.40. The van der Waals surface area contributed by atoms with Gasteiger partial charge >= 0.3 is 5.97 Å². The number of aliphatic imine (C=N–C) groups is 1. The maximum Gasteiger partial charge on any atom is 0.338 e. The molecule has 0 bridgehead atoms. The predicted octanol–water partition coefficient (Wildman–Crippen LogP) is 4.50. The fraction of sp³-hybridized carbons (Fsp3) is 0.238. The molecule has 0 unspecified atom stereocenters. The van der Waals surface area contributed by atoms with Crippen molar-refractivity contribution in [2.45, 2.75) is 31.1 Å². The first-order valence-electron chi connectivity index (χ1n) is 8.62. The molecule has 0 N–H and O–H groups in total. The molecule has 0 spiro atoms. The summed E-state index contributed by atoms with van der Waals surface area (Å²) >= 11 is 3.55. The molecule has 0 saturated carbocycles. The number of halogens is 1. The number of hydrogen-bond acceptors (Lipinski definition) is 4. The number of ether oxygens (including phenoxy) is 2. The third kappa shape index (κ3) is 3.58. The second-order valence-electron chi connectivity index (χ2n) is 6.34. The first kappa shape index (κ1) is 17.0. The zero-order chi connectivity index (χ0) is 17.9. The van der Waals surface area contributed by atoms with E-state index in [2.05, 4.69) is 15.9 Å². The van der Waals surface area contributed by atoms with Crippen molar-refractivity contribution in [3.63, 3.8) is 0 Å². The van der Waals surface area contributed by atoms with Crippen LogP contribution < -0.4 is 0 Å². The fourth-order valence-electron chi connectivity index (χ4n) is 3.18. The van der Waals surface area contributed by atoms with Crippen LogP contribution >= 0.6 is 15.9 Å². The highest BCUT2D eigenvalue weighted by Crippen LogP contribution is 2.33. The molecule has 0 amide bonds. The summed E-state index contributed by atoms with van der Waals surface area (Å²) in [4.78, 5) is 17.1. The Morgan fingerprint density at radius 3 is 2.50 bits per heavy atom. The second kappa shape index (κ2) is 7.46. The van der Waals surface area contributed by atoms with Crippen LogP contribution in [0.1, 0.15) is 28.8 Å². The van der Waals surface area contributed by atoms with E-state index in [9.17, 15) is 4.79 Å². The van der Waals surface area contributed by atoms with Gasteiger partial charge in [-0.2, -0.15) is 0 Å². The van der Waals surface area contributed by atoms with Gasteiger partial charge in [-0.05, 0) is 30.7 Å². The molecular weight excluding hydrogens is 394 g/mol. The number of carbonyl (C=O) groups is 1. The summed E-state index contributed by atoms with van der Waals surface area (Å²) in [5, 5.41) is 0. The summed E-state index contributed by atoms with van der Waals surface area (Å²) in [5.74, 6) is 0.335. The van der Waals surface area contributed by atoms with Crippen LogP contribution in [0.5, 0.6) is 0 Å². The summed E-state index contributed by atoms with van der Waals surface area (Å²) in [6.07, 6.45) is 2.88. The standard InChI is InChI=1S/C21H18BrNO3/c22-16-11-12-17-19(25-20(23-17)14-7-3-1-4-8-14)13-18(16)26-21(24)15-9-5-2-6-10-15/h1-11,17-19H,12-13H2/t17-,18+,19+/m0/s1. The number of hydrogen-bond donors (Lipinski definition) is 0. The van der Waals surface area contributed by atoms with Crippen molar-refractivity contribution in [3.8, 4) is 0 Å². The first-order chi connectivity index (χ1) is 12.7. The van der Waals surface area contributed by atoms with Gasteiger partial charge in [-0.1, -0.05) is 58.4 Å². The lowest BCUT2D eigenvalue weighted by molar-refractivity contribution is 0.0292. The Bertz CT molecular complexity index is 848. The van der Waals surface area contributed by atoms with Gasteiger partial charge in [-0.25, -0.2) is 9.79 Å². The van der Waals surface area contributed by atoms with Crippen molar-refractivity contribution in [2.75, 3.05) is 0 Å². The summed E-state index contributed by atoms with van der Waals surface area (Å²) in [6, 6.07) is 18.9. The van der Waals surface area contributed by atoms with Crippen molar-refractivity contribution >= 4 is 27.8 Å². The normalized spacial score (nSPS) is 24.6. The minimum Gasteiger partial charge on any atom is -0.472 e. The molecule has 0 fully saturated rings. The Hall–Kier alpha value is -2.40. The Morgan fingerprint density at radius 1 is 1.08 bits per heavy atom. The summed E-state index contributed by atoms with van der Waals surface area (Å²) in [5.41, 5.74) is 1.52. The number of carbonyl (C=O) groups excluding carboxylic acids is 1. The fourth-order valence-corrected chi connectivity index (χ4v) is 3.65. The molecule has 3 atom stereocenters. The monoisotopic (exact) mass is 411 g/mol. The largest absolute Gasteiger partial charge is 0.472 e. The molecule has 26 heavy (non-hydrogen) atoms. The molecule has 0 saturated heterocycles. The van der Waals surface area contributed by atoms with Gasteiger partial charge in [-0.3, -0.25) is 0 Å². The molecule has 4 rings (SSSR count). The number of fused-ring (bicyclic) bond motifs is 1. The predicted molar refractivity (Wildman–Crippen MR) is 104 cm³/mol. The van der Waals surface area contributed by atoms with E-state index in [1.807, 2.05) is 54.6 Å². The third-order valence-electron chi connectivity index (χ3n) is 4.56. The van der Waals surface area contributed by atoms with Crippen molar-refractivity contribution in [2.24, 2.45) is 4.99 Å². The van der Waals surface area contributed by atoms with E-state index in [0.717, 1.165) is 16.5 Å². The Balaban J connectivity index is 1.48. The highest BCUT2D eigenvalue weighted by Gasteiger charge is 2.37. The lowest BCUT2D eigenvalue weighted by Crippen LogP contribution is -2.28. The van der Waals surface area contributed by atoms with Crippen LogP contribution in [0.25, 0.3) is 0 Å². The minimum absolute atomic E-state index is 0.0400. The molecule has 5 heteroatoms. The highest BCUT2D eigenvalue weighted by atomic mass is 79.9. The highest BCUT2D eigenvalue weighted by molar-refractivity contribution is 9.11. The van der Waals surface area contributed by atoms with E-state index < -0.39 is 0 Å². The number of rotatable bonds is 3. The van der Waals surface area contributed by atoms with Gasteiger partial charge in [0, 0.05) is 16.5 Å². The van der Waals surface area contributed by atoms with Crippen LogP contribution in [0.3, 0.4) is 0 Å². The molecule has 4 nitrogen and oxygen atoms in total. The zero-order valence-corrected chi connectivity index (χ0v) is 15.6. The number of benzene rings is 2. The lowest BCUT2D eigenvalue weighted by atomic mass is 10.1. The van der Waals surface area contributed by atoms with Crippen LogP contribution in [0, 0.1) is 0 Å². The average Bonchev–Trinajstić information content (AvgIpc) is 3.03. The number of nitrogens with zero attached hydrogens (tertiary/aromatic N) is 1. The summed E-state index contributed by atoms with van der Waals surface area (Å²) in [7, 11) is 0. The van der Waals surface area contributed by atoms with E-state index in [-0.39, 0.29) is 24.2 Å². The lowest BCUT2D eigenvalue weighted by Gasteiger charge is -2.21. The van der Waals surface area contributed by atoms with Gasteiger partial charge in [0.2, 0.25) is 5.90 Å². The molecule has 2 aromatic carbocycles. The van der Waals surface area contributed by atoms with E-state index in [0.29, 0.717) is 17.9 Å². The zero-order valence-electron chi connectivity index (χ0n) is 14.0. The van der Waals surface area contributed by atoms with Crippen LogP contribution in [0.4, 0.5) is 0 Å². The molecule has 0 aromatic heterocycles. The van der Waals surface area contributed by atoms with Gasteiger partial charge in [0.15, 0.2) is 0 Å². The SMILES string of the molecule is O=C(O[C@@H]1C[C@H]2OC(c3ccccc3)=N[C@H]2CC=C1Br)c1ccccc1. The van der Waals surface area contributed by atoms with Crippen LogP contribution in [-0.2, 0) is 9.47 Å². The Morgan fingerprint density at radius 2 is 1.77 bits per heavy atom. The summed E-state index contributed by atoms with van der Waals surface area (Å²) in [6.45, 7) is 0. The maximum atomic E-state index is 12.4. The van der Waals surface area contributed by atoms with Crippen LogP contribution in [0.2, 0.25) is 0 Å². The van der Waals surface area contributed by atoms with E-state index in [1.54, 1.807) is 12.1 Å². The molecule has 1 aliphatic heterocycles. The number of esters is 1. The van der Waals surface area contributed by atoms with Gasteiger partial charge in [0.1, 0.15) is 12.2 Å². The van der Waals surface area contributed by atoms with Gasteiger partial charge < -0.3 is 9.47 Å². The smallest absolute Gasteiger partial charge is 0.338 e. The first-order valence-corrected chi connectivity index (χ1v) is 9.41. The molecule has 1 heterocycles. The topological polar surface area (TPSA) is 47.9 Å². The van der Waals surface area contributed by atoms with Crippen LogP contribution in [-0.4, -0.2) is 30.1 Å². The van der Waals surface area contributed by atoms with E-state index in [4.69, 9.17) is 14.5 Å². The average molecular weight is 412 g/mol. The molecule has 1 aliphatic carbocycles. The second-order valence-corrected chi connectivity index (χ2v) is 7.26. The Kier molecular flexibility index (Phi) is 4.89.